The number of quaternary nitrogens is 1. The molecule has 8 heteroatoms. The highest BCUT2D eigenvalue weighted by Gasteiger charge is 2.15. The number of nitro benzene ring substituents is 1. The van der Waals surface area contributed by atoms with Crippen molar-refractivity contribution < 1.29 is 19.4 Å². The number of carbonyl (C=O) groups excluding carboxylic acids is 2. The molecule has 0 unspecified atom stereocenters. The first-order valence-electron chi connectivity index (χ1n) is 9.26. The van der Waals surface area contributed by atoms with E-state index in [-0.39, 0.29) is 16.9 Å². The van der Waals surface area contributed by atoms with Gasteiger partial charge in [0, 0.05) is 30.7 Å². The Morgan fingerprint density at radius 1 is 1.07 bits per heavy atom. The summed E-state index contributed by atoms with van der Waals surface area (Å²) >= 11 is 0. The number of benzene rings is 2. The normalized spacial score (nSPS) is 11.2. The highest BCUT2D eigenvalue weighted by molar-refractivity contribution is 6.05. The maximum absolute atomic E-state index is 12.6. The van der Waals surface area contributed by atoms with Crippen molar-refractivity contribution >= 4 is 23.6 Å². The lowest BCUT2D eigenvalue weighted by molar-refractivity contribution is -0.858. The molecule has 2 amide bonds. The second-order valence-electron chi connectivity index (χ2n) is 6.79. The summed E-state index contributed by atoms with van der Waals surface area (Å²) in [5, 5.41) is 16.2. The standard InChI is InChI=1S/C21H24N4O4/c1-24(2)14-6-13-22-21(27)19(15-16-7-4-3-5-8-16)23-20(26)17-9-11-18(12-10-17)25(28)29/h3-5,7-12,15H,6,13-14H2,1-2H3,(H,22,27)(H,23,26)/p+1/b19-15+. The van der Waals surface area contributed by atoms with E-state index in [0.717, 1.165) is 18.5 Å². The number of nitrogens with zero attached hydrogens (tertiary/aromatic N) is 1. The topological polar surface area (TPSA) is 106 Å². The van der Waals surface area contributed by atoms with Gasteiger partial charge in [0.15, 0.2) is 0 Å². The molecule has 0 fully saturated rings. The monoisotopic (exact) mass is 397 g/mol. The van der Waals surface area contributed by atoms with E-state index < -0.39 is 16.7 Å². The quantitative estimate of drug-likeness (QED) is 0.254. The lowest BCUT2D eigenvalue weighted by Gasteiger charge is -2.12. The van der Waals surface area contributed by atoms with E-state index in [0.29, 0.717) is 6.54 Å². The third kappa shape index (κ3) is 7.19. The zero-order valence-electron chi connectivity index (χ0n) is 16.5. The molecule has 2 rings (SSSR count). The third-order valence-electron chi connectivity index (χ3n) is 4.08. The van der Waals surface area contributed by atoms with Crippen molar-refractivity contribution in [2.45, 2.75) is 6.42 Å². The second kappa shape index (κ2) is 10.7. The van der Waals surface area contributed by atoms with Crippen molar-refractivity contribution in [2.24, 2.45) is 0 Å². The number of nitrogens with one attached hydrogen (secondary N) is 3. The number of amides is 2. The number of hydrogen-bond donors (Lipinski definition) is 3. The average Bonchev–Trinajstić information content (AvgIpc) is 2.71. The maximum Gasteiger partial charge on any atom is 0.269 e. The molecular weight excluding hydrogens is 372 g/mol. The van der Waals surface area contributed by atoms with Crippen LogP contribution in [0.5, 0.6) is 0 Å². The Labute approximate surface area is 169 Å². The van der Waals surface area contributed by atoms with Gasteiger partial charge in [0.2, 0.25) is 0 Å². The zero-order chi connectivity index (χ0) is 21.2. The zero-order valence-corrected chi connectivity index (χ0v) is 16.5. The molecule has 152 valence electrons. The first kappa shape index (κ1) is 21.8. The summed E-state index contributed by atoms with van der Waals surface area (Å²) < 4.78 is 0. The number of carbonyl (C=O) groups is 2. The number of non-ortho nitro benzene ring substituents is 1. The van der Waals surface area contributed by atoms with Gasteiger partial charge < -0.3 is 15.5 Å². The van der Waals surface area contributed by atoms with Crippen LogP contribution in [0, 0.1) is 10.1 Å². The van der Waals surface area contributed by atoms with Crippen LogP contribution >= 0.6 is 0 Å². The first-order valence-corrected chi connectivity index (χ1v) is 9.26. The van der Waals surface area contributed by atoms with Crippen LogP contribution in [0.1, 0.15) is 22.3 Å². The van der Waals surface area contributed by atoms with Gasteiger partial charge in [-0.15, -0.1) is 0 Å². The Hall–Kier alpha value is -3.52. The Morgan fingerprint density at radius 2 is 1.72 bits per heavy atom. The first-order chi connectivity index (χ1) is 13.9. The summed E-state index contributed by atoms with van der Waals surface area (Å²) in [5.41, 5.74) is 0.983. The van der Waals surface area contributed by atoms with E-state index in [1.165, 1.54) is 29.2 Å². The molecule has 0 radical (unpaired) electrons. The summed E-state index contributed by atoms with van der Waals surface area (Å²) in [5.74, 6) is -0.909. The molecule has 0 aliphatic carbocycles. The van der Waals surface area contributed by atoms with E-state index in [9.17, 15) is 19.7 Å². The minimum Gasteiger partial charge on any atom is -0.351 e. The van der Waals surface area contributed by atoms with Crippen molar-refractivity contribution in [3.63, 3.8) is 0 Å². The predicted octanol–water partition coefficient (Wildman–Crippen LogP) is 1.02. The van der Waals surface area contributed by atoms with Crippen LogP contribution < -0.4 is 15.5 Å². The maximum atomic E-state index is 12.6. The molecule has 0 spiro atoms. The molecule has 0 atom stereocenters. The van der Waals surface area contributed by atoms with E-state index in [4.69, 9.17) is 0 Å². The Balaban J connectivity index is 2.14. The summed E-state index contributed by atoms with van der Waals surface area (Å²) in [6.07, 6.45) is 2.40. The van der Waals surface area contributed by atoms with E-state index in [2.05, 4.69) is 10.6 Å². The van der Waals surface area contributed by atoms with E-state index in [1.807, 2.05) is 44.4 Å². The molecule has 0 aromatic heterocycles. The van der Waals surface area contributed by atoms with Gasteiger partial charge in [0.05, 0.1) is 25.6 Å². The van der Waals surface area contributed by atoms with Crippen LogP contribution in [-0.4, -0.2) is 43.9 Å². The lowest BCUT2D eigenvalue weighted by Crippen LogP contribution is -3.05. The largest absolute Gasteiger partial charge is 0.351 e. The fourth-order valence-electron chi connectivity index (χ4n) is 2.54. The lowest BCUT2D eigenvalue weighted by atomic mass is 10.1. The van der Waals surface area contributed by atoms with Crippen molar-refractivity contribution in [3.8, 4) is 0 Å². The van der Waals surface area contributed by atoms with Crippen molar-refractivity contribution in [2.75, 3.05) is 27.2 Å². The highest BCUT2D eigenvalue weighted by atomic mass is 16.6. The van der Waals surface area contributed by atoms with Gasteiger partial charge in [0.25, 0.3) is 17.5 Å². The van der Waals surface area contributed by atoms with Crippen molar-refractivity contribution in [1.29, 1.82) is 0 Å². The average molecular weight is 397 g/mol. The minimum atomic E-state index is -0.536. The molecular formula is C21H25N4O4+. The van der Waals surface area contributed by atoms with Crippen molar-refractivity contribution in [3.05, 3.63) is 81.5 Å². The molecule has 8 nitrogen and oxygen atoms in total. The Kier molecular flexibility index (Phi) is 8.05. The highest BCUT2D eigenvalue weighted by Crippen LogP contribution is 2.13. The summed E-state index contributed by atoms with van der Waals surface area (Å²) in [4.78, 5) is 36.7. The second-order valence-corrected chi connectivity index (χ2v) is 6.79. The summed E-state index contributed by atoms with van der Waals surface area (Å²) in [6.45, 7) is 1.40. The Bertz CT molecular complexity index is 877. The van der Waals surface area contributed by atoms with E-state index in [1.54, 1.807) is 6.08 Å². The number of hydrogen-bond acceptors (Lipinski definition) is 4. The minimum absolute atomic E-state index is 0.108. The molecule has 2 aromatic rings. The van der Waals surface area contributed by atoms with Gasteiger partial charge in [-0.1, -0.05) is 30.3 Å². The molecule has 3 N–H and O–H groups in total. The summed E-state index contributed by atoms with van der Waals surface area (Å²) in [6, 6.07) is 14.4. The molecule has 0 aliphatic rings. The number of nitro groups is 1. The fraction of sp³-hybridized carbons (Fsp3) is 0.238. The van der Waals surface area contributed by atoms with Crippen LogP contribution in [-0.2, 0) is 4.79 Å². The van der Waals surface area contributed by atoms with Crippen molar-refractivity contribution in [1.82, 2.24) is 10.6 Å². The van der Waals surface area contributed by atoms with Gasteiger partial charge in [0.1, 0.15) is 5.70 Å². The van der Waals surface area contributed by atoms with Crippen LogP contribution in [0.2, 0.25) is 0 Å². The van der Waals surface area contributed by atoms with Crippen LogP contribution in [0.4, 0.5) is 5.69 Å². The number of rotatable bonds is 9. The molecule has 29 heavy (non-hydrogen) atoms. The van der Waals surface area contributed by atoms with Gasteiger partial charge in [-0.3, -0.25) is 19.7 Å². The predicted molar refractivity (Wildman–Crippen MR) is 110 cm³/mol. The fourth-order valence-corrected chi connectivity index (χ4v) is 2.54. The molecule has 0 saturated heterocycles. The molecule has 0 aliphatic heterocycles. The van der Waals surface area contributed by atoms with Crippen LogP contribution in [0.25, 0.3) is 6.08 Å². The summed E-state index contributed by atoms with van der Waals surface area (Å²) in [7, 11) is 4.07. The third-order valence-corrected chi connectivity index (χ3v) is 4.08. The van der Waals surface area contributed by atoms with Gasteiger partial charge in [-0.05, 0) is 23.8 Å². The molecule has 0 saturated carbocycles. The molecule has 2 aromatic carbocycles. The van der Waals surface area contributed by atoms with E-state index >= 15 is 0 Å². The molecule has 0 bridgehead atoms. The van der Waals surface area contributed by atoms with Crippen LogP contribution in [0.3, 0.4) is 0 Å². The van der Waals surface area contributed by atoms with Gasteiger partial charge in [-0.2, -0.15) is 0 Å². The smallest absolute Gasteiger partial charge is 0.269 e. The van der Waals surface area contributed by atoms with Crippen LogP contribution in [0.15, 0.2) is 60.3 Å². The molecule has 0 heterocycles. The van der Waals surface area contributed by atoms with Gasteiger partial charge in [-0.25, -0.2) is 0 Å². The Morgan fingerprint density at radius 3 is 2.31 bits per heavy atom. The SMILES string of the molecule is C[NH+](C)CCCNC(=O)/C(=C\c1ccccc1)NC(=O)c1ccc([N+](=O)[O-])cc1. The van der Waals surface area contributed by atoms with Gasteiger partial charge >= 0.3 is 0 Å².